The molecule has 0 spiro atoms. The molecular formula is C15H17F3N2O4S. The maximum absolute atomic E-state index is 12.8. The summed E-state index contributed by atoms with van der Waals surface area (Å²) >= 11 is 0. The molecule has 1 amide bonds. The second-order valence-corrected chi connectivity index (χ2v) is 7.97. The van der Waals surface area contributed by atoms with Crippen LogP contribution in [-0.4, -0.2) is 43.6 Å². The molecule has 0 bridgehead atoms. The first-order valence-electron chi connectivity index (χ1n) is 7.85. The molecule has 1 aromatic carbocycles. The molecule has 0 radical (unpaired) electrons. The number of benzene rings is 1. The van der Waals surface area contributed by atoms with Crippen LogP contribution in [0.15, 0.2) is 29.2 Å². The van der Waals surface area contributed by atoms with Gasteiger partial charge in [0.1, 0.15) is 11.8 Å². The minimum absolute atomic E-state index is 0.0983. The molecular weight excluding hydrogens is 361 g/mol. The summed E-state index contributed by atoms with van der Waals surface area (Å²) in [6.45, 7) is 0.148. The quantitative estimate of drug-likeness (QED) is 0.851. The van der Waals surface area contributed by atoms with Crippen molar-refractivity contribution < 1.29 is 31.1 Å². The second-order valence-electron chi connectivity index (χ2n) is 6.08. The molecule has 1 unspecified atom stereocenters. The number of carbonyl (C=O) groups is 1. The minimum Gasteiger partial charge on any atom is -0.406 e. The van der Waals surface area contributed by atoms with Gasteiger partial charge >= 0.3 is 6.36 Å². The average Bonchev–Trinajstić information content (AvgIpc) is 3.17. The lowest BCUT2D eigenvalue weighted by Crippen LogP contribution is -2.46. The maximum atomic E-state index is 12.8. The number of hydrogen-bond acceptors (Lipinski definition) is 4. The van der Waals surface area contributed by atoms with Crippen molar-refractivity contribution in [2.24, 2.45) is 0 Å². The van der Waals surface area contributed by atoms with Crippen LogP contribution < -0.4 is 10.1 Å². The third-order valence-electron chi connectivity index (χ3n) is 4.08. The van der Waals surface area contributed by atoms with Crippen LogP contribution in [0.1, 0.15) is 25.7 Å². The van der Waals surface area contributed by atoms with Crippen molar-refractivity contribution in [1.29, 1.82) is 0 Å². The van der Waals surface area contributed by atoms with E-state index in [1.807, 2.05) is 0 Å². The Labute approximate surface area is 143 Å². The largest absolute Gasteiger partial charge is 0.573 e. The molecule has 1 saturated carbocycles. The van der Waals surface area contributed by atoms with Gasteiger partial charge in [-0.3, -0.25) is 4.79 Å². The SMILES string of the molecule is O=C(NC1CC1)C1CCCN1S(=O)(=O)c1cccc(OC(F)(F)F)c1. The fourth-order valence-corrected chi connectivity index (χ4v) is 4.47. The van der Waals surface area contributed by atoms with Crippen LogP contribution in [-0.2, 0) is 14.8 Å². The van der Waals surface area contributed by atoms with E-state index in [2.05, 4.69) is 10.1 Å². The van der Waals surface area contributed by atoms with Gasteiger partial charge in [0, 0.05) is 18.7 Å². The highest BCUT2D eigenvalue weighted by atomic mass is 32.2. The molecule has 1 atom stereocenters. The molecule has 2 fully saturated rings. The third kappa shape index (κ3) is 4.24. The molecule has 138 valence electrons. The highest BCUT2D eigenvalue weighted by molar-refractivity contribution is 7.89. The molecule has 10 heteroatoms. The highest BCUT2D eigenvalue weighted by Crippen LogP contribution is 2.30. The fraction of sp³-hybridized carbons (Fsp3) is 0.533. The monoisotopic (exact) mass is 378 g/mol. The Hall–Kier alpha value is -1.81. The number of carbonyl (C=O) groups excluding carboxylic acids is 1. The van der Waals surface area contributed by atoms with Gasteiger partial charge in [-0.05, 0) is 37.8 Å². The van der Waals surface area contributed by atoms with E-state index < -0.39 is 28.2 Å². The lowest BCUT2D eigenvalue weighted by molar-refractivity contribution is -0.274. The Morgan fingerprint density at radius 2 is 1.96 bits per heavy atom. The summed E-state index contributed by atoms with van der Waals surface area (Å²) in [5, 5.41) is 2.77. The Balaban J connectivity index is 1.82. The standard InChI is InChI=1S/C15H17F3N2O4S/c16-15(17,18)24-11-3-1-4-12(9-11)25(22,23)20-8-2-5-13(20)14(21)19-10-6-7-10/h1,3-4,9-10,13H,2,5-8H2,(H,19,21). The number of hydrogen-bond donors (Lipinski definition) is 1. The van der Waals surface area contributed by atoms with Crippen LogP contribution in [0, 0.1) is 0 Å². The van der Waals surface area contributed by atoms with E-state index in [1.165, 1.54) is 12.1 Å². The summed E-state index contributed by atoms with van der Waals surface area (Å²) in [5.41, 5.74) is 0. The number of halogens is 3. The van der Waals surface area contributed by atoms with Crippen molar-refractivity contribution in [3.05, 3.63) is 24.3 Å². The zero-order chi connectivity index (χ0) is 18.2. The summed E-state index contributed by atoms with van der Waals surface area (Å²) < 4.78 is 67.4. The molecule has 1 heterocycles. The lowest BCUT2D eigenvalue weighted by atomic mass is 10.2. The maximum Gasteiger partial charge on any atom is 0.573 e. The summed E-state index contributed by atoms with van der Waals surface area (Å²) in [6.07, 6.45) is -2.26. The lowest BCUT2D eigenvalue weighted by Gasteiger charge is -2.23. The Kier molecular flexibility index (Phi) is 4.67. The normalized spacial score (nSPS) is 22.0. The Bertz CT molecular complexity index is 762. The molecule has 1 aliphatic carbocycles. The van der Waals surface area contributed by atoms with Crippen molar-refractivity contribution >= 4 is 15.9 Å². The van der Waals surface area contributed by atoms with Gasteiger partial charge in [-0.25, -0.2) is 8.42 Å². The van der Waals surface area contributed by atoms with Crippen LogP contribution in [0.3, 0.4) is 0 Å². The van der Waals surface area contributed by atoms with Crippen LogP contribution in [0.5, 0.6) is 5.75 Å². The minimum atomic E-state index is -4.91. The van der Waals surface area contributed by atoms with E-state index in [1.54, 1.807) is 0 Å². The number of nitrogens with zero attached hydrogens (tertiary/aromatic N) is 1. The molecule has 2 aliphatic rings. The number of nitrogens with one attached hydrogen (secondary N) is 1. The van der Waals surface area contributed by atoms with Gasteiger partial charge in [-0.1, -0.05) is 6.07 Å². The molecule has 1 aliphatic heterocycles. The van der Waals surface area contributed by atoms with Gasteiger partial charge in [-0.2, -0.15) is 4.31 Å². The van der Waals surface area contributed by atoms with E-state index >= 15 is 0 Å². The van der Waals surface area contributed by atoms with Gasteiger partial charge in [0.25, 0.3) is 0 Å². The van der Waals surface area contributed by atoms with E-state index in [0.29, 0.717) is 12.8 Å². The summed E-state index contributed by atoms with van der Waals surface area (Å²) in [5.74, 6) is -0.974. The van der Waals surface area contributed by atoms with Gasteiger partial charge in [0.15, 0.2) is 0 Å². The highest BCUT2D eigenvalue weighted by Gasteiger charge is 2.41. The molecule has 1 saturated heterocycles. The van der Waals surface area contributed by atoms with E-state index in [4.69, 9.17) is 0 Å². The van der Waals surface area contributed by atoms with Crippen molar-refractivity contribution in [3.63, 3.8) is 0 Å². The molecule has 6 nitrogen and oxygen atoms in total. The van der Waals surface area contributed by atoms with Crippen molar-refractivity contribution in [1.82, 2.24) is 9.62 Å². The number of alkyl halides is 3. The summed E-state index contributed by atoms with van der Waals surface area (Å²) in [6, 6.07) is 3.46. The van der Waals surface area contributed by atoms with Crippen LogP contribution in [0.2, 0.25) is 0 Å². The zero-order valence-corrected chi connectivity index (χ0v) is 13.9. The number of rotatable bonds is 5. The Morgan fingerprint density at radius 3 is 2.60 bits per heavy atom. The Morgan fingerprint density at radius 1 is 1.24 bits per heavy atom. The second kappa shape index (κ2) is 6.49. The van der Waals surface area contributed by atoms with Crippen molar-refractivity contribution in [2.45, 2.75) is 49.0 Å². The van der Waals surface area contributed by atoms with Crippen LogP contribution in [0.25, 0.3) is 0 Å². The smallest absolute Gasteiger partial charge is 0.406 e. The van der Waals surface area contributed by atoms with E-state index in [9.17, 15) is 26.4 Å². The summed E-state index contributed by atoms with van der Waals surface area (Å²) in [4.78, 5) is 11.9. The van der Waals surface area contributed by atoms with Gasteiger partial charge < -0.3 is 10.1 Å². The van der Waals surface area contributed by atoms with Crippen molar-refractivity contribution in [2.75, 3.05) is 6.54 Å². The first-order valence-corrected chi connectivity index (χ1v) is 9.29. The molecule has 3 rings (SSSR count). The topological polar surface area (TPSA) is 75.7 Å². The van der Waals surface area contributed by atoms with Crippen molar-refractivity contribution in [3.8, 4) is 5.75 Å². The van der Waals surface area contributed by atoms with Crippen LogP contribution in [0.4, 0.5) is 13.2 Å². The zero-order valence-electron chi connectivity index (χ0n) is 13.1. The number of ether oxygens (including phenoxy) is 1. The van der Waals surface area contributed by atoms with Crippen LogP contribution >= 0.6 is 0 Å². The molecule has 0 aromatic heterocycles. The van der Waals surface area contributed by atoms with Gasteiger partial charge in [0.2, 0.25) is 15.9 Å². The summed E-state index contributed by atoms with van der Waals surface area (Å²) in [7, 11) is -4.10. The predicted molar refractivity (Wildman–Crippen MR) is 81.2 cm³/mol. The fourth-order valence-electron chi connectivity index (χ4n) is 2.78. The van der Waals surface area contributed by atoms with E-state index in [-0.39, 0.29) is 23.4 Å². The predicted octanol–water partition coefficient (Wildman–Crippen LogP) is 2.02. The van der Waals surface area contributed by atoms with Gasteiger partial charge in [0.05, 0.1) is 4.90 Å². The molecule has 1 aromatic rings. The average molecular weight is 378 g/mol. The third-order valence-corrected chi connectivity index (χ3v) is 5.98. The molecule has 1 N–H and O–H groups in total. The number of sulfonamides is 1. The number of amides is 1. The molecule has 25 heavy (non-hydrogen) atoms. The van der Waals surface area contributed by atoms with Gasteiger partial charge in [-0.15, -0.1) is 13.2 Å². The first-order chi connectivity index (χ1) is 11.7. The first kappa shape index (κ1) is 18.0. The van der Waals surface area contributed by atoms with E-state index in [0.717, 1.165) is 29.3 Å².